The lowest BCUT2D eigenvalue weighted by molar-refractivity contribution is -0.694. The summed E-state index contributed by atoms with van der Waals surface area (Å²) in [5.41, 5.74) is 2.71. The van der Waals surface area contributed by atoms with Gasteiger partial charge < -0.3 is 9.47 Å². The highest BCUT2D eigenvalue weighted by atomic mass is 16.6. The van der Waals surface area contributed by atoms with Gasteiger partial charge in [-0.2, -0.15) is 0 Å². The standard InChI is InChI=1S/C36H57N2O4/c1-7-9-10-11-12-13-14-15-16-17-18-19-25-41-34-23-22-31(26-33(34)36(4,5)6)29-42-35(40)38(30(3)39)28-32-21-20-24-37(8-2)27-32/h20-24,26-27H,7-19,25,28-29H2,1-6H3/q+1. The second-order valence-electron chi connectivity index (χ2n) is 12.5. The average molecular weight is 582 g/mol. The molecule has 2 amide bonds. The predicted octanol–water partition coefficient (Wildman–Crippen LogP) is 9.06. The van der Waals surface area contributed by atoms with Crippen molar-refractivity contribution in [2.75, 3.05) is 6.61 Å². The Morgan fingerprint density at radius 1 is 0.833 bits per heavy atom. The van der Waals surface area contributed by atoms with E-state index in [2.05, 4.69) is 33.8 Å². The summed E-state index contributed by atoms with van der Waals surface area (Å²) in [6.45, 7) is 14.0. The van der Waals surface area contributed by atoms with Crippen molar-refractivity contribution in [3.63, 3.8) is 0 Å². The van der Waals surface area contributed by atoms with Crippen LogP contribution in [0.2, 0.25) is 0 Å². The van der Waals surface area contributed by atoms with Crippen LogP contribution in [0.5, 0.6) is 5.75 Å². The molecule has 0 atom stereocenters. The zero-order valence-electron chi connectivity index (χ0n) is 27.4. The molecule has 1 aromatic heterocycles. The number of imide groups is 1. The minimum Gasteiger partial charge on any atom is -0.493 e. The number of hydrogen-bond acceptors (Lipinski definition) is 4. The maximum atomic E-state index is 12.9. The van der Waals surface area contributed by atoms with Gasteiger partial charge in [0.05, 0.1) is 13.2 Å². The fourth-order valence-electron chi connectivity index (χ4n) is 5.08. The summed E-state index contributed by atoms with van der Waals surface area (Å²) >= 11 is 0. The Kier molecular flexibility index (Phi) is 16.2. The van der Waals surface area contributed by atoms with Gasteiger partial charge in [-0.15, -0.1) is 0 Å². The number of aromatic nitrogens is 1. The van der Waals surface area contributed by atoms with Crippen LogP contribution in [-0.4, -0.2) is 23.5 Å². The Balaban J connectivity index is 1.81. The van der Waals surface area contributed by atoms with Crippen LogP contribution in [0.4, 0.5) is 4.79 Å². The highest BCUT2D eigenvalue weighted by Gasteiger charge is 2.23. The molecule has 2 rings (SSSR count). The molecule has 0 N–H and O–H groups in total. The Morgan fingerprint density at radius 3 is 2.02 bits per heavy atom. The number of amides is 2. The second kappa shape index (κ2) is 19.3. The molecule has 0 saturated carbocycles. The number of ether oxygens (including phenoxy) is 2. The first-order chi connectivity index (χ1) is 20.2. The Morgan fingerprint density at radius 2 is 1.45 bits per heavy atom. The van der Waals surface area contributed by atoms with Crippen LogP contribution in [0, 0.1) is 0 Å². The molecule has 0 unspecified atom stereocenters. The van der Waals surface area contributed by atoms with E-state index >= 15 is 0 Å². The third-order valence-corrected chi connectivity index (χ3v) is 7.70. The maximum Gasteiger partial charge on any atom is 0.417 e. The number of unbranched alkanes of at least 4 members (excludes halogenated alkanes) is 11. The van der Waals surface area contributed by atoms with E-state index in [4.69, 9.17) is 9.47 Å². The predicted molar refractivity (Wildman–Crippen MR) is 170 cm³/mol. The van der Waals surface area contributed by atoms with Gasteiger partial charge in [0.25, 0.3) is 0 Å². The van der Waals surface area contributed by atoms with Crippen LogP contribution < -0.4 is 9.30 Å². The molecule has 0 aliphatic carbocycles. The lowest BCUT2D eigenvalue weighted by Gasteiger charge is -2.24. The summed E-state index contributed by atoms with van der Waals surface area (Å²) < 4.78 is 13.8. The number of carbonyl (C=O) groups excluding carboxylic acids is 2. The SMILES string of the molecule is CCCCCCCCCCCCCCOc1ccc(COC(=O)N(Cc2ccc[n+](CC)c2)C(C)=O)cc1C(C)(C)C. The van der Waals surface area contributed by atoms with Crippen molar-refractivity contribution < 1.29 is 23.6 Å². The minimum absolute atomic E-state index is 0.0917. The van der Waals surface area contributed by atoms with E-state index < -0.39 is 6.09 Å². The molecule has 0 fully saturated rings. The topological polar surface area (TPSA) is 59.7 Å². The number of benzene rings is 1. The summed E-state index contributed by atoms with van der Waals surface area (Å²) in [6, 6.07) is 9.81. The molecule has 0 spiro atoms. The first kappa shape index (κ1) is 35.3. The summed E-state index contributed by atoms with van der Waals surface area (Å²) in [5.74, 6) is 0.545. The monoisotopic (exact) mass is 581 g/mol. The van der Waals surface area contributed by atoms with E-state index in [1.54, 1.807) is 0 Å². The van der Waals surface area contributed by atoms with Crippen molar-refractivity contribution in [2.45, 2.75) is 144 Å². The molecule has 234 valence electrons. The molecule has 42 heavy (non-hydrogen) atoms. The van der Waals surface area contributed by atoms with E-state index in [1.807, 2.05) is 48.1 Å². The van der Waals surface area contributed by atoms with Gasteiger partial charge in [0.2, 0.25) is 5.91 Å². The molecule has 6 nitrogen and oxygen atoms in total. The van der Waals surface area contributed by atoms with E-state index in [-0.39, 0.29) is 24.5 Å². The third kappa shape index (κ3) is 13.4. The maximum absolute atomic E-state index is 12.9. The Bertz CT molecular complexity index is 1080. The zero-order chi connectivity index (χ0) is 30.8. The fourth-order valence-corrected chi connectivity index (χ4v) is 5.08. The molecule has 0 aliphatic heterocycles. The molecular formula is C36H57N2O4+. The molecule has 0 radical (unpaired) electrons. The van der Waals surface area contributed by atoms with Crippen LogP contribution in [0.1, 0.15) is 135 Å². The van der Waals surface area contributed by atoms with Gasteiger partial charge in [-0.25, -0.2) is 14.3 Å². The third-order valence-electron chi connectivity index (χ3n) is 7.70. The lowest BCUT2D eigenvalue weighted by Crippen LogP contribution is -2.37. The molecule has 1 heterocycles. The van der Waals surface area contributed by atoms with Crippen molar-refractivity contribution >= 4 is 12.0 Å². The largest absolute Gasteiger partial charge is 0.493 e. The van der Waals surface area contributed by atoms with E-state index in [0.717, 1.165) is 40.3 Å². The summed E-state index contributed by atoms with van der Waals surface area (Å²) in [7, 11) is 0. The highest BCUT2D eigenvalue weighted by molar-refractivity contribution is 5.90. The van der Waals surface area contributed by atoms with Gasteiger partial charge >= 0.3 is 6.09 Å². The summed E-state index contributed by atoms with van der Waals surface area (Å²) in [5, 5.41) is 0. The van der Waals surface area contributed by atoms with E-state index in [9.17, 15) is 9.59 Å². The Hall–Kier alpha value is -2.89. The zero-order valence-corrected chi connectivity index (χ0v) is 27.4. The highest BCUT2D eigenvalue weighted by Crippen LogP contribution is 2.32. The van der Waals surface area contributed by atoms with Gasteiger partial charge in [-0.05, 0) is 48.1 Å². The number of hydrogen-bond donors (Lipinski definition) is 0. The van der Waals surface area contributed by atoms with Crippen molar-refractivity contribution in [3.05, 3.63) is 59.4 Å². The van der Waals surface area contributed by atoms with Crippen LogP contribution in [-0.2, 0) is 34.6 Å². The Labute approximate surface area is 255 Å². The van der Waals surface area contributed by atoms with E-state index in [0.29, 0.717) is 6.61 Å². The molecule has 0 aliphatic rings. The average Bonchev–Trinajstić information content (AvgIpc) is 2.96. The first-order valence-electron chi connectivity index (χ1n) is 16.3. The van der Waals surface area contributed by atoms with Gasteiger partial charge in [-0.3, -0.25) is 4.79 Å². The molecule has 2 aromatic rings. The van der Waals surface area contributed by atoms with Gasteiger partial charge in [0.1, 0.15) is 18.9 Å². The number of carbonyl (C=O) groups is 2. The molecule has 0 saturated heterocycles. The smallest absolute Gasteiger partial charge is 0.417 e. The summed E-state index contributed by atoms with van der Waals surface area (Å²) in [6.07, 6.45) is 19.1. The van der Waals surface area contributed by atoms with Gasteiger partial charge in [0.15, 0.2) is 12.4 Å². The minimum atomic E-state index is -0.640. The van der Waals surface area contributed by atoms with E-state index in [1.165, 1.54) is 77.6 Å². The molecule has 6 heteroatoms. The van der Waals surface area contributed by atoms with Gasteiger partial charge in [-0.1, -0.05) is 104 Å². The molecule has 1 aromatic carbocycles. The van der Waals surface area contributed by atoms with Crippen LogP contribution in [0.15, 0.2) is 42.7 Å². The van der Waals surface area contributed by atoms with Gasteiger partial charge in [0, 0.05) is 18.6 Å². The lowest BCUT2D eigenvalue weighted by atomic mass is 9.85. The number of rotatable bonds is 19. The van der Waals surface area contributed by atoms with Crippen molar-refractivity contribution in [2.24, 2.45) is 0 Å². The van der Waals surface area contributed by atoms with Crippen LogP contribution >= 0.6 is 0 Å². The van der Waals surface area contributed by atoms with Crippen molar-refractivity contribution in [3.8, 4) is 5.75 Å². The number of pyridine rings is 1. The first-order valence-corrected chi connectivity index (χ1v) is 16.3. The quantitative estimate of drug-likeness (QED) is 0.123. The second-order valence-corrected chi connectivity index (χ2v) is 12.5. The fraction of sp³-hybridized carbons (Fsp3) is 0.639. The molecular weight excluding hydrogens is 524 g/mol. The number of nitrogens with zero attached hydrogens (tertiary/aromatic N) is 2. The normalized spacial score (nSPS) is 11.4. The summed E-state index contributed by atoms with van der Waals surface area (Å²) in [4.78, 5) is 26.3. The van der Waals surface area contributed by atoms with Crippen molar-refractivity contribution in [1.29, 1.82) is 0 Å². The van der Waals surface area contributed by atoms with Crippen molar-refractivity contribution in [1.82, 2.24) is 4.90 Å². The van der Waals surface area contributed by atoms with Crippen LogP contribution in [0.25, 0.3) is 0 Å². The molecule has 0 bridgehead atoms. The number of aryl methyl sites for hydroxylation is 1. The van der Waals surface area contributed by atoms with Crippen LogP contribution in [0.3, 0.4) is 0 Å².